The number of fused-ring (bicyclic) bond motifs is 1. The van der Waals surface area contributed by atoms with Gasteiger partial charge in [-0.25, -0.2) is 4.79 Å². The number of H-pyrrole nitrogens is 2. The summed E-state index contributed by atoms with van der Waals surface area (Å²) in [5, 5.41) is 22.3. The molecule has 12 heteroatoms. The zero-order chi connectivity index (χ0) is 23.3. The second-order valence-corrected chi connectivity index (χ2v) is 7.69. The molecule has 1 unspecified atom stereocenters. The van der Waals surface area contributed by atoms with Crippen LogP contribution in [-0.2, 0) is 16.0 Å². The number of nitrogen functional groups attached to an aromatic ring is 1. The van der Waals surface area contributed by atoms with E-state index in [-0.39, 0.29) is 29.2 Å². The molecule has 0 aliphatic rings. The van der Waals surface area contributed by atoms with Gasteiger partial charge in [-0.1, -0.05) is 11.8 Å². The number of thiophene rings is 1. The van der Waals surface area contributed by atoms with E-state index in [0.29, 0.717) is 29.4 Å². The number of hydrogen-bond donors (Lipinski definition) is 6. The highest BCUT2D eigenvalue weighted by molar-refractivity contribution is 7.12. The first kappa shape index (κ1) is 22.6. The second-order valence-electron chi connectivity index (χ2n) is 6.77. The van der Waals surface area contributed by atoms with Crippen molar-refractivity contribution in [2.45, 2.75) is 31.7 Å². The molecule has 0 spiro atoms. The Kier molecular flexibility index (Phi) is 6.91. The summed E-state index contributed by atoms with van der Waals surface area (Å²) in [4.78, 5) is 56.0. The van der Waals surface area contributed by atoms with Gasteiger partial charge in [-0.3, -0.25) is 19.4 Å². The molecular formula is C20H19N5O6S. The number of carboxylic acid groups (broad SMARTS) is 2. The lowest BCUT2D eigenvalue weighted by molar-refractivity contribution is -0.140. The molecule has 3 rings (SSSR count). The molecule has 1 amide bonds. The highest BCUT2D eigenvalue weighted by Crippen LogP contribution is 2.17. The molecule has 0 aliphatic heterocycles. The highest BCUT2D eigenvalue weighted by Gasteiger charge is 2.23. The van der Waals surface area contributed by atoms with E-state index < -0.39 is 23.9 Å². The highest BCUT2D eigenvalue weighted by atomic mass is 32.1. The molecule has 11 nitrogen and oxygen atoms in total. The third kappa shape index (κ3) is 5.52. The number of aromatic nitrogens is 3. The van der Waals surface area contributed by atoms with Crippen molar-refractivity contribution in [3.8, 4) is 11.8 Å². The zero-order valence-corrected chi connectivity index (χ0v) is 17.4. The van der Waals surface area contributed by atoms with E-state index >= 15 is 0 Å². The predicted molar refractivity (Wildman–Crippen MR) is 116 cm³/mol. The quantitative estimate of drug-likeness (QED) is 0.269. The average molecular weight is 457 g/mol. The van der Waals surface area contributed by atoms with Crippen LogP contribution in [0.5, 0.6) is 0 Å². The van der Waals surface area contributed by atoms with Gasteiger partial charge in [-0.15, -0.1) is 11.3 Å². The van der Waals surface area contributed by atoms with Crippen LogP contribution in [0.15, 0.2) is 22.3 Å². The molecule has 1 atom stereocenters. The number of carbonyl (C=O) groups excluding carboxylic acids is 1. The van der Waals surface area contributed by atoms with Crippen LogP contribution < -0.4 is 16.6 Å². The number of rotatable bonds is 8. The average Bonchev–Trinajstić information content (AvgIpc) is 3.34. The molecule has 0 aliphatic carbocycles. The minimum atomic E-state index is -1.31. The van der Waals surface area contributed by atoms with Crippen LogP contribution in [0.3, 0.4) is 0 Å². The predicted octanol–water partition coefficient (Wildman–Crippen LogP) is 0.927. The van der Waals surface area contributed by atoms with Crippen LogP contribution >= 0.6 is 11.3 Å². The summed E-state index contributed by atoms with van der Waals surface area (Å²) in [6, 6.07) is 2.01. The van der Waals surface area contributed by atoms with E-state index in [2.05, 4.69) is 32.1 Å². The maximum atomic E-state index is 12.5. The third-order valence-corrected chi connectivity index (χ3v) is 5.35. The Labute approximate surface area is 184 Å². The number of nitrogens with one attached hydrogen (secondary N) is 3. The summed E-state index contributed by atoms with van der Waals surface area (Å²) < 4.78 is 0. The van der Waals surface area contributed by atoms with Gasteiger partial charge in [0.15, 0.2) is 0 Å². The number of nitrogens with zero attached hydrogens (tertiary/aromatic N) is 1. The molecule has 0 aromatic carbocycles. The van der Waals surface area contributed by atoms with E-state index in [0.717, 1.165) is 17.0 Å². The van der Waals surface area contributed by atoms with Crippen molar-refractivity contribution in [2.24, 2.45) is 0 Å². The van der Waals surface area contributed by atoms with Crippen molar-refractivity contribution >= 4 is 46.2 Å². The SMILES string of the molecule is Nc1nc2[nH]c(CCC#Cc3ccsc3C(=O)NC(CCC(=O)O)C(=O)O)cc2c(=O)[nH]1. The molecule has 3 aromatic rings. The normalized spacial score (nSPS) is 11.5. The smallest absolute Gasteiger partial charge is 0.326 e. The van der Waals surface area contributed by atoms with E-state index in [1.165, 1.54) is 0 Å². The Morgan fingerprint density at radius 2 is 2.06 bits per heavy atom. The molecule has 0 fully saturated rings. The number of aliphatic carboxylic acids is 2. The molecule has 166 valence electrons. The van der Waals surface area contributed by atoms with E-state index in [1.54, 1.807) is 17.5 Å². The Morgan fingerprint density at radius 3 is 2.78 bits per heavy atom. The lowest BCUT2D eigenvalue weighted by Gasteiger charge is -2.12. The second kappa shape index (κ2) is 9.80. The third-order valence-electron chi connectivity index (χ3n) is 4.44. The fraction of sp³-hybridized carbons (Fsp3) is 0.250. The van der Waals surface area contributed by atoms with Crippen LogP contribution in [0.25, 0.3) is 11.0 Å². The summed E-state index contributed by atoms with van der Waals surface area (Å²) in [6.45, 7) is 0. The fourth-order valence-electron chi connectivity index (χ4n) is 2.91. The van der Waals surface area contributed by atoms with Crippen molar-refractivity contribution in [3.05, 3.63) is 44.0 Å². The standard InChI is InChI=1S/C20H19N5O6S/c21-20-24-16-12(17(28)25-20)9-11(22-16)4-2-1-3-10-7-8-32-15(10)18(29)23-13(19(30)31)5-6-14(26)27/h7-9,13H,2,4-6H2,(H,23,29)(H,26,27)(H,30,31)(H4,21,22,24,25,28). The van der Waals surface area contributed by atoms with Gasteiger partial charge in [0, 0.05) is 24.1 Å². The molecule has 0 saturated carbocycles. The van der Waals surface area contributed by atoms with Gasteiger partial charge >= 0.3 is 11.9 Å². The topological polar surface area (TPSA) is 191 Å². The fourth-order valence-corrected chi connectivity index (χ4v) is 3.67. The van der Waals surface area contributed by atoms with E-state index in [1.807, 2.05) is 0 Å². The van der Waals surface area contributed by atoms with Crippen molar-refractivity contribution in [3.63, 3.8) is 0 Å². The summed E-state index contributed by atoms with van der Waals surface area (Å²) in [5.74, 6) is 2.78. The van der Waals surface area contributed by atoms with Gasteiger partial charge in [-0.2, -0.15) is 4.98 Å². The van der Waals surface area contributed by atoms with Crippen LogP contribution in [0.2, 0.25) is 0 Å². The first-order valence-corrected chi connectivity index (χ1v) is 10.3. The van der Waals surface area contributed by atoms with E-state index in [9.17, 15) is 24.3 Å². The Morgan fingerprint density at radius 1 is 1.28 bits per heavy atom. The van der Waals surface area contributed by atoms with Crippen LogP contribution in [-0.4, -0.2) is 49.1 Å². The lowest BCUT2D eigenvalue weighted by Crippen LogP contribution is -2.41. The largest absolute Gasteiger partial charge is 0.481 e. The Balaban J connectivity index is 1.64. The molecule has 7 N–H and O–H groups in total. The summed E-state index contributed by atoms with van der Waals surface area (Å²) in [7, 11) is 0. The van der Waals surface area contributed by atoms with Crippen molar-refractivity contribution in [1.82, 2.24) is 20.3 Å². The van der Waals surface area contributed by atoms with Gasteiger partial charge in [0.05, 0.1) is 5.39 Å². The first-order chi connectivity index (χ1) is 15.2. The van der Waals surface area contributed by atoms with E-state index in [4.69, 9.17) is 10.8 Å². The lowest BCUT2D eigenvalue weighted by atomic mass is 10.1. The maximum Gasteiger partial charge on any atom is 0.326 e. The van der Waals surface area contributed by atoms with Crippen molar-refractivity contribution in [2.75, 3.05) is 5.73 Å². The molecule has 3 heterocycles. The number of carboxylic acids is 2. The first-order valence-electron chi connectivity index (χ1n) is 9.44. The number of amides is 1. The molecule has 0 saturated heterocycles. The number of anilines is 1. The van der Waals surface area contributed by atoms with Gasteiger partial charge in [0.1, 0.15) is 16.6 Å². The molecule has 0 bridgehead atoms. The molecule has 0 radical (unpaired) electrons. The number of hydrogen-bond acceptors (Lipinski definition) is 7. The van der Waals surface area contributed by atoms with Gasteiger partial charge in [-0.05, 0) is 30.4 Å². The summed E-state index contributed by atoms with van der Waals surface area (Å²) in [6.07, 6.45) is 0.324. The summed E-state index contributed by atoms with van der Waals surface area (Å²) >= 11 is 1.11. The maximum absolute atomic E-state index is 12.5. The Bertz CT molecular complexity index is 1300. The molecular weight excluding hydrogens is 438 g/mol. The minimum Gasteiger partial charge on any atom is -0.481 e. The van der Waals surface area contributed by atoms with Crippen LogP contribution in [0.1, 0.15) is 40.2 Å². The molecule has 3 aromatic heterocycles. The number of nitrogens with two attached hydrogens (primary N) is 1. The number of carbonyl (C=O) groups is 3. The van der Waals surface area contributed by atoms with Crippen molar-refractivity contribution in [1.29, 1.82) is 0 Å². The van der Waals surface area contributed by atoms with Gasteiger partial charge < -0.3 is 26.2 Å². The Hall–Kier alpha value is -4.11. The van der Waals surface area contributed by atoms with Gasteiger partial charge in [0.25, 0.3) is 11.5 Å². The van der Waals surface area contributed by atoms with Crippen LogP contribution in [0, 0.1) is 11.8 Å². The summed E-state index contributed by atoms with van der Waals surface area (Å²) in [5.41, 5.74) is 6.78. The van der Waals surface area contributed by atoms with Crippen LogP contribution in [0.4, 0.5) is 5.95 Å². The monoisotopic (exact) mass is 457 g/mol. The number of aryl methyl sites for hydroxylation is 1. The van der Waals surface area contributed by atoms with Crippen molar-refractivity contribution < 1.29 is 24.6 Å². The minimum absolute atomic E-state index is 0.0204. The molecule has 32 heavy (non-hydrogen) atoms. The number of aromatic amines is 2. The zero-order valence-electron chi connectivity index (χ0n) is 16.6. The van der Waals surface area contributed by atoms with Gasteiger partial charge in [0.2, 0.25) is 5.95 Å².